The Morgan fingerprint density at radius 3 is 1.40 bits per heavy atom. The Labute approximate surface area is 428 Å². The van der Waals surface area contributed by atoms with Gasteiger partial charge in [-0.3, -0.25) is 9.35 Å². The molecule has 0 aromatic carbocycles. The first-order valence-electron chi connectivity index (χ1n) is 28.7. The summed E-state index contributed by atoms with van der Waals surface area (Å²) < 4.78 is 59.4. The van der Waals surface area contributed by atoms with Gasteiger partial charge in [0, 0.05) is 13.0 Å². The Hall–Kier alpha value is -1.68. The largest absolute Gasteiger partial charge is 0.457 e. The smallest absolute Gasteiger partial charge is 0.397 e. The van der Waals surface area contributed by atoms with Crippen molar-refractivity contribution in [2.45, 2.75) is 295 Å². The van der Waals surface area contributed by atoms with Crippen LogP contribution in [0.1, 0.15) is 258 Å². The average molecular weight is 1020 g/mol. The van der Waals surface area contributed by atoms with Gasteiger partial charge in [-0.05, 0) is 51.4 Å². The van der Waals surface area contributed by atoms with Crippen molar-refractivity contribution in [1.29, 1.82) is 0 Å². The van der Waals surface area contributed by atoms with E-state index in [-0.39, 0.29) is 19.6 Å². The molecular formula is C57H106O12S. The summed E-state index contributed by atoms with van der Waals surface area (Å²) >= 11 is 0. The average Bonchev–Trinajstić information content (AvgIpc) is 3.34. The van der Waals surface area contributed by atoms with Crippen molar-refractivity contribution >= 4 is 16.4 Å². The third kappa shape index (κ3) is 40.8. The number of esters is 1. The lowest BCUT2D eigenvalue weighted by Gasteiger charge is -2.41. The van der Waals surface area contributed by atoms with Crippen LogP contribution in [0.25, 0.3) is 0 Å². The van der Waals surface area contributed by atoms with E-state index in [0.717, 1.165) is 57.8 Å². The quantitative estimate of drug-likeness (QED) is 0.0196. The van der Waals surface area contributed by atoms with Gasteiger partial charge >= 0.3 is 16.4 Å². The molecule has 4 N–H and O–H groups in total. The second kappa shape index (κ2) is 48.3. The van der Waals surface area contributed by atoms with Gasteiger partial charge in [0.1, 0.15) is 30.5 Å². The number of hydrogen-bond acceptors (Lipinski definition) is 11. The lowest BCUT2D eigenvalue weighted by Crippen LogP contribution is -2.60. The molecule has 1 fully saturated rings. The number of ether oxygens (including phenoxy) is 4. The molecule has 70 heavy (non-hydrogen) atoms. The second-order valence-electron chi connectivity index (χ2n) is 19.9. The summed E-state index contributed by atoms with van der Waals surface area (Å²) in [4.78, 5) is 13.0. The normalized spacial score (nSPS) is 19.3. The molecule has 12 nitrogen and oxygen atoms in total. The van der Waals surface area contributed by atoms with Crippen LogP contribution in [0.3, 0.4) is 0 Å². The zero-order valence-corrected chi connectivity index (χ0v) is 45.4. The van der Waals surface area contributed by atoms with Crippen LogP contribution in [0, 0.1) is 0 Å². The number of rotatable bonds is 51. The van der Waals surface area contributed by atoms with Gasteiger partial charge in [0.2, 0.25) is 0 Å². The van der Waals surface area contributed by atoms with Crippen LogP contribution in [-0.4, -0.2) is 97.5 Å². The highest BCUT2D eigenvalue weighted by atomic mass is 32.3. The Balaban J connectivity index is 2.30. The summed E-state index contributed by atoms with van der Waals surface area (Å²) in [5.41, 5.74) is 0. The minimum Gasteiger partial charge on any atom is -0.457 e. The molecule has 1 rings (SSSR count). The molecule has 13 heteroatoms. The summed E-state index contributed by atoms with van der Waals surface area (Å²) in [6.07, 6.45) is 50.4. The van der Waals surface area contributed by atoms with Crippen molar-refractivity contribution in [1.82, 2.24) is 0 Å². The topological polar surface area (TPSA) is 178 Å². The fourth-order valence-corrected chi connectivity index (χ4v) is 9.43. The van der Waals surface area contributed by atoms with E-state index in [9.17, 15) is 33.1 Å². The highest BCUT2D eigenvalue weighted by Crippen LogP contribution is 2.26. The zero-order chi connectivity index (χ0) is 51.0. The summed E-state index contributed by atoms with van der Waals surface area (Å²) in [6, 6.07) is 0. The first-order valence-corrected chi connectivity index (χ1v) is 30.1. The lowest BCUT2D eigenvalue weighted by molar-refractivity contribution is -0.301. The molecule has 0 amide bonds. The SMILES string of the molecule is CCCCC/C=C\C/C=C\C/C=C\CCCCCCCCCOCC(COC1OC(CO)C(O)C(OS(=O)(=O)O)C1O)OC(=O)CCCCCCCCCCCCCCCCCCCCCCCCC. The summed E-state index contributed by atoms with van der Waals surface area (Å²) in [6.45, 7) is 3.99. The predicted molar refractivity (Wildman–Crippen MR) is 285 cm³/mol. The minimum atomic E-state index is -5.07. The summed E-state index contributed by atoms with van der Waals surface area (Å²) in [5, 5.41) is 30.8. The van der Waals surface area contributed by atoms with E-state index in [1.807, 2.05) is 0 Å². The Bertz CT molecular complexity index is 1360. The van der Waals surface area contributed by atoms with Gasteiger partial charge < -0.3 is 34.3 Å². The molecule has 1 heterocycles. The van der Waals surface area contributed by atoms with Gasteiger partial charge in [0.25, 0.3) is 0 Å². The number of carbonyl (C=O) groups excluding carboxylic acids is 1. The molecule has 6 atom stereocenters. The standard InChI is InChI=1S/C57H106O12S/c1-3-5-7-9-11-13-15-17-19-21-23-25-26-27-28-30-32-34-36-38-40-42-44-46-53(59)67-51(50-66-57-55(61)56(69-70(62,63)64)54(60)52(48-58)68-57)49-65-47-45-43-41-39-37-35-33-31-29-24-22-20-18-16-14-12-10-8-6-4-2/h12,14,18,20,24,29,51-52,54-58,60-61H,3-11,13,15-17,19,21-23,25-28,30-50H2,1-2H3,(H,62,63,64)/b14-12-,20-18-,29-24-. The molecule has 0 aromatic heterocycles. The number of carbonyl (C=O) groups is 1. The second-order valence-corrected chi connectivity index (χ2v) is 20.9. The van der Waals surface area contributed by atoms with Crippen LogP contribution in [0.4, 0.5) is 0 Å². The van der Waals surface area contributed by atoms with Gasteiger partial charge in [0.05, 0.1) is 19.8 Å². The summed E-state index contributed by atoms with van der Waals surface area (Å²) in [7, 11) is -5.07. The van der Waals surface area contributed by atoms with E-state index in [1.165, 1.54) is 173 Å². The van der Waals surface area contributed by atoms with Crippen LogP contribution in [0.5, 0.6) is 0 Å². The molecule has 0 aliphatic carbocycles. The Morgan fingerprint density at radius 1 is 0.543 bits per heavy atom. The van der Waals surface area contributed by atoms with E-state index >= 15 is 0 Å². The predicted octanol–water partition coefficient (Wildman–Crippen LogP) is 14.1. The van der Waals surface area contributed by atoms with Gasteiger partial charge in [-0.15, -0.1) is 0 Å². The maximum Gasteiger partial charge on any atom is 0.397 e. The number of aliphatic hydroxyl groups is 3. The van der Waals surface area contributed by atoms with E-state index < -0.39 is 59.8 Å². The van der Waals surface area contributed by atoms with Crippen molar-refractivity contribution in [3.63, 3.8) is 0 Å². The molecule has 0 bridgehead atoms. The van der Waals surface area contributed by atoms with Crippen molar-refractivity contribution < 1.29 is 56.2 Å². The molecule has 0 spiro atoms. The summed E-state index contributed by atoms with van der Waals surface area (Å²) in [5.74, 6) is -0.397. The zero-order valence-electron chi connectivity index (χ0n) is 44.6. The van der Waals surface area contributed by atoms with Crippen molar-refractivity contribution in [2.75, 3.05) is 26.4 Å². The maximum absolute atomic E-state index is 13.0. The van der Waals surface area contributed by atoms with Gasteiger partial charge in [0.15, 0.2) is 6.29 Å². The lowest BCUT2D eigenvalue weighted by atomic mass is 9.99. The molecule has 0 saturated carbocycles. The van der Waals surface area contributed by atoms with Crippen LogP contribution < -0.4 is 0 Å². The Kier molecular flexibility index (Phi) is 45.7. The first kappa shape index (κ1) is 66.3. The van der Waals surface area contributed by atoms with Crippen LogP contribution in [0.2, 0.25) is 0 Å². The van der Waals surface area contributed by atoms with Gasteiger partial charge in [-0.2, -0.15) is 8.42 Å². The molecule has 412 valence electrons. The highest BCUT2D eigenvalue weighted by molar-refractivity contribution is 7.80. The third-order valence-electron chi connectivity index (χ3n) is 13.3. The fraction of sp³-hybridized carbons (Fsp3) is 0.877. The molecule has 0 aromatic rings. The van der Waals surface area contributed by atoms with Crippen molar-refractivity contribution in [2.24, 2.45) is 0 Å². The van der Waals surface area contributed by atoms with Crippen LogP contribution >= 0.6 is 0 Å². The number of unbranched alkanes of at least 4 members (excludes halogenated alkanes) is 32. The number of allylic oxidation sites excluding steroid dienone is 6. The van der Waals surface area contributed by atoms with Crippen LogP contribution in [-0.2, 0) is 38.3 Å². The van der Waals surface area contributed by atoms with Crippen molar-refractivity contribution in [3.05, 3.63) is 36.5 Å². The maximum atomic E-state index is 13.0. The monoisotopic (exact) mass is 1010 g/mol. The molecule has 0 radical (unpaired) electrons. The van der Waals surface area contributed by atoms with E-state index in [2.05, 4.69) is 54.5 Å². The third-order valence-corrected chi connectivity index (χ3v) is 13.7. The number of aliphatic hydroxyl groups excluding tert-OH is 3. The van der Waals surface area contributed by atoms with E-state index in [4.69, 9.17) is 18.9 Å². The van der Waals surface area contributed by atoms with E-state index in [1.54, 1.807) is 0 Å². The van der Waals surface area contributed by atoms with E-state index in [0.29, 0.717) is 13.0 Å². The fourth-order valence-electron chi connectivity index (χ4n) is 8.92. The van der Waals surface area contributed by atoms with Crippen LogP contribution in [0.15, 0.2) is 36.5 Å². The first-order chi connectivity index (χ1) is 34.1. The molecule has 1 saturated heterocycles. The van der Waals surface area contributed by atoms with Gasteiger partial charge in [-0.25, -0.2) is 4.18 Å². The minimum absolute atomic E-state index is 0.0322. The van der Waals surface area contributed by atoms with Crippen molar-refractivity contribution in [3.8, 4) is 0 Å². The Morgan fingerprint density at radius 2 is 0.943 bits per heavy atom. The number of hydrogen-bond donors (Lipinski definition) is 4. The highest BCUT2D eigenvalue weighted by Gasteiger charge is 2.48. The molecule has 1 aliphatic rings. The molecule has 6 unspecified atom stereocenters. The molecular weight excluding hydrogens is 909 g/mol. The molecule has 1 aliphatic heterocycles. The van der Waals surface area contributed by atoms with Gasteiger partial charge in [-0.1, -0.05) is 237 Å².